The van der Waals surface area contributed by atoms with E-state index in [1.807, 2.05) is 28.5 Å². The molecule has 0 aliphatic carbocycles. The molecule has 5 nitrogen and oxygen atoms in total. The number of hydrogen-bond donors (Lipinski definition) is 1. The second kappa shape index (κ2) is 7.07. The van der Waals surface area contributed by atoms with Crippen LogP contribution in [0, 0.1) is 0 Å². The Kier molecular flexibility index (Phi) is 4.41. The molecule has 2 aromatic heterocycles. The maximum absolute atomic E-state index is 13.2. The molecule has 0 radical (unpaired) electrons. The van der Waals surface area contributed by atoms with Gasteiger partial charge in [-0.25, -0.2) is 0 Å². The van der Waals surface area contributed by atoms with Crippen LogP contribution < -0.4 is 10.1 Å². The summed E-state index contributed by atoms with van der Waals surface area (Å²) in [5, 5.41) is 6.96. The maximum Gasteiger partial charge on any atom is 0.266 e. The molecule has 28 heavy (non-hydrogen) atoms. The van der Waals surface area contributed by atoms with Crippen LogP contribution in [0.3, 0.4) is 0 Å². The zero-order chi connectivity index (χ0) is 19.1. The molecule has 0 saturated carbocycles. The van der Waals surface area contributed by atoms with Gasteiger partial charge in [0.2, 0.25) is 5.91 Å². The van der Waals surface area contributed by atoms with Crippen molar-refractivity contribution in [3.05, 3.63) is 68.5 Å². The number of para-hydroxylation sites is 2. The number of rotatable bonds is 3. The van der Waals surface area contributed by atoms with Crippen LogP contribution in [-0.4, -0.2) is 29.4 Å². The van der Waals surface area contributed by atoms with Gasteiger partial charge in [-0.05, 0) is 47.0 Å². The number of amides is 2. The highest BCUT2D eigenvalue weighted by Crippen LogP contribution is 2.40. The standard InChI is InChI=1S/C21H18N2O3S2/c24-19(12-16-21(25)22-14-4-1-2-5-15(14)26-16)23-9-7-17-13(8-11-28-17)20(23)18-6-3-10-27-18/h1-6,8,10-11,16,20H,7,9,12H2,(H,22,25)/t16-,20-/m1/s1. The second-order valence-electron chi connectivity index (χ2n) is 6.85. The Labute approximate surface area is 170 Å². The molecule has 1 N–H and O–H groups in total. The van der Waals surface area contributed by atoms with Crippen LogP contribution >= 0.6 is 22.7 Å². The summed E-state index contributed by atoms with van der Waals surface area (Å²) in [6.07, 6.45) is 0.0677. The van der Waals surface area contributed by atoms with Crippen LogP contribution in [0.1, 0.15) is 27.8 Å². The van der Waals surface area contributed by atoms with E-state index in [2.05, 4.69) is 22.8 Å². The van der Waals surface area contributed by atoms with Crippen molar-refractivity contribution in [3.8, 4) is 5.75 Å². The Balaban J connectivity index is 1.40. The zero-order valence-corrected chi connectivity index (χ0v) is 16.6. The highest BCUT2D eigenvalue weighted by molar-refractivity contribution is 7.10. The van der Waals surface area contributed by atoms with Crippen LogP contribution in [0.15, 0.2) is 53.2 Å². The van der Waals surface area contributed by atoms with Gasteiger partial charge in [0, 0.05) is 16.3 Å². The van der Waals surface area contributed by atoms with Crippen LogP contribution in [0.2, 0.25) is 0 Å². The molecule has 2 aliphatic rings. The smallest absolute Gasteiger partial charge is 0.266 e. The first kappa shape index (κ1) is 17.5. The van der Waals surface area contributed by atoms with Gasteiger partial charge in [0.15, 0.2) is 6.10 Å². The van der Waals surface area contributed by atoms with Gasteiger partial charge >= 0.3 is 0 Å². The molecule has 0 fully saturated rings. The van der Waals surface area contributed by atoms with Crippen molar-refractivity contribution in [1.82, 2.24) is 4.90 Å². The lowest BCUT2D eigenvalue weighted by atomic mass is 9.97. The van der Waals surface area contributed by atoms with Crippen LogP contribution in [0.5, 0.6) is 5.75 Å². The third kappa shape index (κ3) is 3.00. The number of ether oxygens (including phenoxy) is 1. The van der Waals surface area contributed by atoms with Crippen molar-refractivity contribution in [2.75, 3.05) is 11.9 Å². The fourth-order valence-electron chi connectivity index (χ4n) is 3.84. The Morgan fingerprint density at radius 2 is 2.04 bits per heavy atom. The molecule has 0 bridgehead atoms. The Hall–Kier alpha value is -2.64. The van der Waals surface area contributed by atoms with Gasteiger partial charge in [0.1, 0.15) is 5.75 Å². The molecular weight excluding hydrogens is 392 g/mol. The fourth-order valence-corrected chi connectivity index (χ4v) is 5.60. The number of nitrogens with one attached hydrogen (secondary N) is 1. The minimum Gasteiger partial charge on any atom is -0.478 e. The molecular formula is C21H18N2O3S2. The monoisotopic (exact) mass is 410 g/mol. The van der Waals surface area contributed by atoms with E-state index >= 15 is 0 Å². The molecule has 0 spiro atoms. The Morgan fingerprint density at radius 1 is 1.14 bits per heavy atom. The summed E-state index contributed by atoms with van der Waals surface area (Å²) < 4.78 is 5.83. The summed E-state index contributed by atoms with van der Waals surface area (Å²) in [7, 11) is 0. The minimum absolute atomic E-state index is 0.0293. The van der Waals surface area contributed by atoms with Gasteiger partial charge in [0.25, 0.3) is 5.91 Å². The number of carbonyl (C=O) groups excluding carboxylic acids is 2. The number of hydrogen-bond acceptors (Lipinski definition) is 5. The lowest BCUT2D eigenvalue weighted by Gasteiger charge is -2.36. The number of benzene rings is 1. The topological polar surface area (TPSA) is 58.6 Å². The predicted octanol–water partition coefficient (Wildman–Crippen LogP) is 4.07. The van der Waals surface area contributed by atoms with E-state index in [1.165, 1.54) is 10.4 Å². The molecule has 5 rings (SSSR count). The summed E-state index contributed by atoms with van der Waals surface area (Å²) in [4.78, 5) is 30.1. The Bertz CT molecular complexity index is 1030. The van der Waals surface area contributed by atoms with Crippen LogP contribution in [0.4, 0.5) is 5.69 Å². The molecule has 1 aromatic carbocycles. The lowest BCUT2D eigenvalue weighted by Crippen LogP contribution is -2.45. The second-order valence-corrected chi connectivity index (χ2v) is 8.83. The maximum atomic E-state index is 13.2. The molecule has 7 heteroatoms. The normalized spacial score (nSPS) is 20.7. The number of anilines is 1. The van der Waals surface area contributed by atoms with Crippen molar-refractivity contribution in [2.24, 2.45) is 0 Å². The molecule has 0 unspecified atom stereocenters. The fraction of sp³-hybridized carbons (Fsp3) is 0.238. The average Bonchev–Trinajstić information content (AvgIpc) is 3.39. The molecule has 2 atom stereocenters. The Morgan fingerprint density at radius 3 is 2.89 bits per heavy atom. The van der Waals surface area contributed by atoms with Crippen molar-refractivity contribution < 1.29 is 14.3 Å². The molecule has 142 valence electrons. The van der Waals surface area contributed by atoms with Gasteiger partial charge in [-0.15, -0.1) is 22.7 Å². The number of carbonyl (C=O) groups is 2. The van der Waals surface area contributed by atoms with Gasteiger partial charge in [-0.1, -0.05) is 18.2 Å². The average molecular weight is 411 g/mol. The third-order valence-electron chi connectivity index (χ3n) is 5.17. The predicted molar refractivity (Wildman–Crippen MR) is 110 cm³/mol. The molecule has 2 amide bonds. The largest absolute Gasteiger partial charge is 0.478 e. The first-order valence-electron chi connectivity index (χ1n) is 9.16. The summed E-state index contributed by atoms with van der Waals surface area (Å²) in [6, 6.07) is 13.4. The van der Waals surface area contributed by atoms with Gasteiger partial charge in [-0.3, -0.25) is 9.59 Å². The highest BCUT2D eigenvalue weighted by atomic mass is 32.1. The van der Waals surface area contributed by atoms with Crippen LogP contribution in [0.25, 0.3) is 0 Å². The number of thiophene rings is 2. The van der Waals surface area contributed by atoms with Crippen molar-refractivity contribution in [2.45, 2.75) is 25.0 Å². The summed E-state index contributed by atoms with van der Waals surface area (Å²) in [6.45, 7) is 0.653. The van der Waals surface area contributed by atoms with E-state index in [4.69, 9.17) is 4.74 Å². The van der Waals surface area contributed by atoms with E-state index in [0.717, 1.165) is 11.3 Å². The quantitative estimate of drug-likeness (QED) is 0.708. The summed E-state index contributed by atoms with van der Waals surface area (Å²) in [5.74, 6) is 0.274. The summed E-state index contributed by atoms with van der Waals surface area (Å²) >= 11 is 3.40. The molecule has 0 saturated heterocycles. The first-order valence-corrected chi connectivity index (χ1v) is 10.9. The SMILES string of the molecule is O=C1Nc2ccccc2O[C@@H]1CC(=O)N1CCc2sccc2[C@@H]1c1cccs1. The van der Waals surface area contributed by atoms with E-state index in [-0.39, 0.29) is 24.3 Å². The van der Waals surface area contributed by atoms with Crippen LogP contribution in [-0.2, 0) is 16.0 Å². The third-order valence-corrected chi connectivity index (χ3v) is 7.09. The highest BCUT2D eigenvalue weighted by Gasteiger charge is 2.37. The van der Waals surface area contributed by atoms with Gasteiger partial charge in [0.05, 0.1) is 18.2 Å². The first-order chi connectivity index (χ1) is 13.7. The van der Waals surface area contributed by atoms with E-state index in [9.17, 15) is 9.59 Å². The van der Waals surface area contributed by atoms with Crippen molar-refractivity contribution in [3.63, 3.8) is 0 Å². The zero-order valence-electron chi connectivity index (χ0n) is 15.0. The van der Waals surface area contributed by atoms with E-state index < -0.39 is 6.10 Å². The minimum atomic E-state index is -0.810. The lowest BCUT2D eigenvalue weighted by molar-refractivity contribution is -0.138. The number of nitrogens with zero attached hydrogens (tertiary/aromatic N) is 1. The molecule has 3 aromatic rings. The van der Waals surface area contributed by atoms with E-state index in [1.54, 1.807) is 34.8 Å². The van der Waals surface area contributed by atoms with Crippen molar-refractivity contribution >= 4 is 40.2 Å². The van der Waals surface area contributed by atoms with Crippen molar-refractivity contribution in [1.29, 1.82) is 0 Å². The number of fused-ring (bicyclic) bond motifs is 2. The summed E-state index contributed by atoms with van der Waals surface area (Å²) in [5.41, 5.74) is 1.85. The van der Waals surface area contributed by atoms with Gasteiger partial charge in [-0.2, -0.15) is 0 Å². The molecule has 2 aliphatic heterocycles. The molecule has 4 heterocycles. The van der Waals surface area contributed by atoms with Gasteiger partial charge < -0.3 is 15.0 Å². The van der Waals surface area contributed by atoms with E-state index in [0.29, 0.717) is 18.0 Å².